The number of nitrogens with one attached hydrogen (secondary N) is 1. The second kappa shape index (κ2) is 4.67. The van der Waals surface area contributed by atoms with Crippen LogP contribution >= 0.6 is 0 Å². The lowest BCUT2D eigenvalue weighted by molar-refractivity contribution is 0.172. The maximum Gasteiger partial charge on any atom is 0.231 e. The zero-order valence-corrected chi connectivity index (χ0v) is 11.5. The Morgan fingerprint density at radius 2 is 2.11 bits per heavy atom. The van der Waals surface area contributed by atoms with E-state index in [0.717, 1.165) is 24.3 Å². The van der Waals surface area contributed by atoms with Gasteiger partial charge in [-0.05, 0) is 50.9 Å². The van der Waals surface area contributed by atoms with Gasteiger partial charge < -0.3 is 14.8 Å². The third-order valence-electron chi connectivity index (χ3n) is 3.87. The average Bonchev–Trinajstić information content (AvgIpc) is 2.85. The largest absolute Gasteiger partial charge is 0.454 e. The smallest absolute Gasteiger partial charge is 0.231 e. The molecule has 0 saturated carbocycles. The molecule has 1 aromatic carbocycles. The summed E-state index contributed by atoms with van der Waals surface area (Å²) in [6, 6.07) is 3.93. The van der Waals surface area contributed by atoms with Gasteiger partial charge in [-0.15, -0.1) is 0 Å². The lowest BCUT2D eigenvalue weighted by Crippen LogP contribution is -2.27. The molecule has 2 aliphatic rings. The van der Waals surface area contributed by atoms with Gasteiger partial charge in [-0.25, -0.2) is 4.39 Å². The summed E-state index contributed by atoms with van der Waals surface area (Å²) in [6.07, 6.45) is 3.45. The first-order chi connectivity index (χ1) is 9.05. The number of alkyl halides is 1. The van der Waals surface area contributed by atoms with E-state index in [1.54, 1.807) is 19.9 Å². The van der Waals surface area contributed by atoms with Crippen LogP contribution in [-0.2, 0) is 5.67 Å². The van der Waals surface area contributed by atoms with Gasteiger partial charge in [0.15, 0.2) is 11.5 Å². The predicted molar refractivity (Wildman–Crippen MR) is 71.3 cm³/mol. The van der Waals surface area contributed by atoms with Gasteiger partial charge in [-0.2, -0.15) is 0 Å². The van der Waals surface area contributed by atoms with Crippen LogP contribution in [0.15, 0.2) is 12.1 Å². The minimum absolute atomic E-state index is 0.227. The highest BCUT2D eigenvalue weighted by Crippen LogP contribution is 2.44. The van der Waals surface area contributed by atoms with Crippen molar-refractivity contribution in [2.45, 2.75) is 44.8 Å². The van der Waals surface area contributed by atoms with Gasteiger partial charge in [0.2, 0.25) is 6.79 Å². The number of ether oxygens (including phenoxy) is 2. The van der Waals surface area contributed by atoms with Gasteiger partial charge in [0.25, 0.3) is 0 Å². The first-order valence-electron chi connectivity index (χ1n) is 6.92. The Morgan fingerprint density at radius 3 is 2.79 bits per heavy atom. The molecule has 1 aromatic rings. The Bertz CT molecular complexity index is 476. The highest BCUT2D eigenvalue weighted by Gasteiger charge is 2.29. The van der Waals surface area contributed by atoms with Crippen LogP contribution in [0.25, 0.3) is 0 Å². The maximum absolute atomic E-state index is 14.2. The number of rotatable bonds is 2. The van der Waals surface area contributed by atoms with E-state index in [-0.39, 0.29) is 12.8 Å². The summed E-state index contributed by atoms with van der Waals surface area (Å²) >= 11 is 0. The summed E-state index contributed by atoms with van der Waals surface area (Å²) in [7, 11) is 0. The van der Waals surface area contributed by atoms with Gasteiger partial charge in [0.05, 0.1) is 0 Å². The van der Waals surface area contributed by atoms with Crippen LogP contribution in [0.1, 0.15) is 50.3 Å². The van der Waals surface area contributed by atoms with E-state index in [1.165, 1.54) is 12.8 Å². The first-order valence-corrected chi connectivity index (χ1v) is 6.92. The van der Waals surface area contributed by atoms with Crippen LogP contribution in [0.4, 0.5) is 4.39 Å². The zero-order valence-electron chi connectivity index (χ0n) is 11.5. The molecule has 1 atom stereocenters. The van der Waals surface area contributed by atoms with E-state index in [9.17, 15) is 4.39 Å². The second-order valence-electron chi connectivity index (χ2n) is 5.77. The highest BCUT2D eigenvalue weighted by atomic mass is 19.1. The highest BCUT2D eigenvalue weighted by molar-refractivity contribution is 5.53. The Morgan fingerprint density at radius 1 is 1.26 bits per heavy atom. The number of piperidine rings is 1. The third kappa shape index (κ3) is 2.41. The fourth-order valence-corrected chi connectivity index (χ4v) is 2.76. The lowest BCUT2D eigenvalue weighted by atomic mass is 9.91. The monoisotopic (exact) mass is 265 g/mol. The van der Waals surface area contributed by atoms with Crippen LogP contribution in [0.5, 0.6) is 11.5 Å². The van der Waals surface area contributed by atoms with E-state index in [0.29, 0.717) is 11.3 Å². The molecule has 1 saturated heterocycles. The van der Waals surface area contributed by atoms with E-state index in [1.807, 2.05) is 6.07 Å². The van der Waals surface area contributed by atoms with E-state index >= 15 is 0 Å². The maximum atomic E-state index is 14.2. The lowest BCUT2D eigenvalue weighted by Gasteiger charge is -2.26. The Balaban J connectivity index is 2.04. The van der Waals surface area contributed by atoms with Crippen molar-refractivity contribution in [2.75, 3.05) is 13.3 Å². The molecule has 1 N–H and O–H groups in total. The summed E-state index contributed by atoms with van der Waals surface area (Å²) in [5, 5.41) is 3.49. The summed E-state index contributed by atoms with van der Waals surface area (Å²) in [4.78, 5) is 0. The van der Waals surface area contributed by atoms with Crippen molar-refractivity contribution >= 4 is 0 Å². The molecule has 0 spiro atoms. The van der Waals surface area contributed by atoms with Crippen molar-refractivity contribution in [1.29, 1.82) is 0 Å². The Hall–Kier alpha value is -1.29. The molecule has 104 valence electrons. The van der Waals surface area contributed by atoms with Gasteiger partial charge in [0, 0.05) is 11.6 Å². The number of benzene rings is 1. The summed E-state index contributed by atoms with van der Waals surface area (Å²) < 4.78 is 25.2. The fourth-order valence-electron chi connectivity index (χ4n) is 2.76. The Labute approximate surface area is 113 Å². The minimum Gasteiger partial charge on any atom is -0.454 e. The number of halogens is 1. The molecule has 2 aliphatic heterocycles. The molecule has 19 heavy (non-hydrogen) atoms. The summed E-state index contributed by atoms with van der Waals surface area (Å²) in [6.45, 7) is 4.37. The van der Waals surface area contributed by atoms with Crippen molar-refractivity contribution in [3.63, 3.8) is 0 Å². The Kier molecular flexibility index (Phi) is 3.13. The van der Waals surface area contributed by atoms with Crippen molar-refractivity contribution in [1.82, 2.24) is 5.32 Å². The number of hydrogen-bond donors (Lipinski definition) is 1. The molecule has 0 bridgehead atoms. The molecule has 2 heterocycles. The molecule has 0 aliphatic carbocycles. The average molecular weight is 265 g/mol. The predicted octanol–water partition coefficient (Wildman–Crippen LogP) is 3.43. The molecule has 0 radical (unpaired) electrons. The summed E-state index contributed by atoms with van der Waals surface area (Å²) in [5.41, 5.74) is 0.319. The fraction of sp³-hybridized carbons (Fsp3) is 0.600. The molecule has 3 rings (SSSR count). The first kappa shape index (κ1) is 12.7. The van der Waals surface area contributed by atoms with Gasteiger partial charge in [-0.1, -0.05) is 6.42 Å². The number of hydrogen-bond acceptors (Lipinski definition) is 3. The van der Waals surface area contributed by atoms with Gasteiger partial charge in [-0.3, -0.25) is 0 Å². The van der Waals surface area contributed by atoms with Gasteiger partial charge >= 0.3 is 0 Å². The third-order valence-corrected chi connectivity index (χ3v) is 3.87. The molecular weight excluding hydrogens is 245 g/mol. The molecular formula is C15H20FNO2. The quantitative estimate of drug-likeness (QED) is 0.888. The zero-order chi connectivity index (χ0) is 13.5. The minimum atomic E-state index is -1.37. The van der Waals surface area contributed by atoms with Crippen molar-refractivity contribution in [2.24, 2.45) is 0 Å². The molecule has 0 amide bonds. The van der Waals surface area contributed by atoms with Crippen LogP contribution in [0.3, 0.4) is 0 Å². The van der Waals surface area contributed by atoms with Crippen LogP contribution < -0.4 is 14.8 Å². The standard InChI is InChI=1S/C15H20FNO2/c1-15(2,16)10-7-11(12-5-3-4-6-17-12)14-13(8-10)18-9-19-14/h7-8,12,17H,3-6,9H2,1-2H3. The molecule has 4 heteroatoms. The van der Waals surface area contributed by atoms with E-state index in [2.05, 4.69) is 5.32 Å². The molecule has 3 nitrogen and oxygen atoms in total. The van der Waals surface area contributed by atoms with Crippen LogP contribution in [0, 0.1) is 0 Å². The van der Waals surface area contributed by atoms with E-state index < -0.39 is 5.67 Å². The molecule has 0 aromatic heterocycles. The van der Waals surface area contributed by atoms with Crippen molar-refractivity contribution in [3.8, 4) is 11.5 Å². The molecule has 1 fully saturated rings. The van der Waals surface area contributed by atoms with Crippen LogP contribution in [0.2, 0.25) is 0 Å². The van der Waals surface area contributed by atoms with Crippen molar-refractivity contribution < 1.29 is 13.9 Å². The normalized spacial score (nSPS) is 22.6. The van der Waals surface area contributed by atoms with Gasteiger partial charge in [0.1, 0.15) is 5.67 Å². The topological polar surface area (TPSA) is 30.5 Å². The van der Waals surface area contributed by atoms with E-state index in [4.69, 9.17) is 9.47 Å². The molecule has 1 unspecified atom stereocenters. The second-order valence-corrected chi connectivity index (χ2v) is 5.77. The summed E-state index contributed by atoms with van der Waals surface area (Å²) in [5.74, 6) is 1.46. The SMILES string of the molecule is CC(C)(F)c1cc2c(c(C3CCCCN3)c1)OCO2. The van der Waals surface area contributed by atoms with Crippen LogP contribution in [-0.4, -0.2) is 13.3 Å². The number of fused-ring (bicyclic) bond motifs is 1. The van der Waals surface area contributed by atoms with Crippen molar-refractivity contribution in [3.05, 3.63) is 23.3 Å².